The molecule has 0 heteroatoms. The first-order valence-electron chi connectivity index (χ1n) is 3.40. The van der Waals surface area contributed by atoms with Crippen LogP contribution in [-0.4, -0.2) is 0 Å². The maximum atomic E-state index is 4.01. The molecule has 0 nitrogen and oxygen atoms in total. The van der Waals surface area contributed by atoms with Gasteiger partial charge in [-0.1, -0.05) is 37.6 Å². The molecule has 0 N–H and O–H groups in total. The predicted octanol–water partition coefficient (Wildman–Crippen LogP) is 2.92. The summed E-state index contributed by atoms with van der Waals surface area (Å²) < 4.78 is 0. The maximum Gasteiger partial charge on any atom is 0.00617 e. The van der Waals surface area contributed by atoms with Gasteiger partial charge in [0.05, 0.1) is 0 Å². The lowest BCUT2D eigenvalue weighted by Crippen LogP contribution is -2.09. The van der Waals surface area contributed by atoms with Crippen molar-refractivity contribution in [2.45, 2.75) is 27.2 Å². The molecule has 0 fully saturated rings. The Kier molecular flexibility index (Phi) is 1.27. The third-order valence-corrected chi connectivity index (χ3v) is 2.52. The van der Waals surface area contributed by atoms with Crippen molar-refractivity contribution in [3.05, 3.63) is 23.8 Å². The van der Waals surface area contributed by atoms with Crippen molar-refractivity contribution in [2.24, 2.45) is 5.41 Å². The first-order valence-corrected chi connectivity index (χ1v) is 3.40. The molecular weight excluding hydrogens is 108 g/mol. The van der Waals surface area contributed by atoms with Gasteiger partial charge in [0.1, 0.15) is 0 Å². The minimum atomic E-state index is 0.278. The van der Waals surface area contributed by atoms with E-state index in [0.29, 0.717) is 0 Å². The fourth-order valence-electron chi connectivity index (χ4n) is 1.07. The van der Waals surface area contributed by atoms with Crippen molar-refractivity contribution in [3.63, 3.8) is 0 Å². The Bertz CT molecular complexity index is 170. The summed E-state index contributed by atoms with van der Waals surface area (Å²) in [5, 5.41) is 0. The lowest BCUT2D eigenvalue weighted by molar-refractivity contribution is 0.557. The number of hydrogen-bond acceptors (Lipinski definition) is 0. The fourth-order valence-corrected chi connectivity index (χ4v) is 1.07. The maximum absolute atomic E-state index is 4.01. The van der Waals surface area contributed by atoms with Crippen LogP contribution in [0.2, 0.25) is 0 Å². The molecule has 0 saturated heterocycles. The third-order valence-electron chi connectivity index (χ3n) is 2.52. The lowest BCUT2D eigenvalue weighted by atomic mass is 9.83. The van der Waals surface area contributed by atoms with Crippen molar-refractivity contribution in [1.29, 1.82) is 0 Å². The Hall–Kier alpha value is -0.520. The van der Waals surface area contributed by atoms with Crippen molar-refractivity contribution >= 4 is 0 Å². The van der Waals surface area contributed by atoms with Gasteiger partial charge in [-0.05, 0) is 13.3 Å². The first-order chi connectivity index (χ1) is 4.05. The highest BCUT2D eigenvalue weighted by Gasteiger charge is 2.27. The Balaban J connectivity index is 2.93. The van der Waals surface area contributed by atoms with Crippen molar-refractivity contribution < 1.29 is 0 Å². The molecule has 0 aromatic heterocycles. The van der Waals surface area contributed by atoms with Gasteiger partial charge in [0.15, 0.2) is 0 Å². The molecule has 1 rings (SSSR count). The summed E-state index contributed by atoms with van der Waals surface area (Å²) in [6.07, 6.45) is 3.35. The highest BCUT2D eigenvalue weighted by atomic mass is 14.3. The van der Waals surface area contributed by atoms with Crippen LogP contribution < -0.4 is 0 Å². The second-order valence-corrected chi connectivity index (χ2v) is 3.32. The largest absolute Gasteiger partial charge is 0.0987 e. The van der Waals surface area contributed by atoms with E-state index >= 15 is 0 Å². The number of hydrogen-bond donors (Lipinski definition) is 0. The molecule has 0 aromatic carbocycles. The minimum Gasteiger partial charge on any atom is -0.0987 e. The van der Waals surface area contributed by atoms with E-state index in [0.717, 1.165) is 6.42 Å². The van der Waals surface area contributed by atoms with Crippen LogP contribution in [0.3, 0.4) is 0 Å². The molecule has 0 aliphatic heterocycles. The second-order valence-electron chi connectivity index (χ2n) is 3.32. The summed E-state index contributed by atoms with van der Waals surface area (Å²) in [4.78, 5) is 0. The molecule has 0 spiro atoms. The molecule has 0 bridgehead atoms. The predicted molar refractivity (Wildman–Crippen MR) is 41.3 cm³/mol. The molecule has 0 atom stereocenters. The summed E-state index contributed by atoms with van der Waals surface area (Å²) in [7, 11) is 0. The first kappa shape index (κ1) is 6.60. The Labute approximate surface area is 57.3 Å². The van der Waals surface area contributed by atoms with E-state index in [9.17, 15) is 0 Å². The fraction of sp³-hybridized carbons (Fsp3) is 0.556. The molecule has 1 aliphatic carbocycles. The van der Waals surface area contributed by atoms with E-state index in [1.165, 1.54) is 11.1 Å². The van der Waals surface area contributed by atoms with Gasteiger partial charge >= 0.3 is 0 Å². The van der Waals surface area contributed by atoms with Crippen LogP contribution in [0, 0.1) is 5.41 Å². The second kappa shape index (κ2) is 1.73. The summed E-state index contributed by atoms with van der Waals surface area (Å²) in [6, 6.07) is 0. The molecule has 50 valence electrons. The zero-order valence-corrected chi connectivity index (χ0v) is 6.49. The van der Waals surface area contributed by atoms with Crippen molar-refractivity contribution in [2.75, 3.05) is 0 Å². The van der Waals surface area contributed by atoms with Gasteiger partial charge in [-0.25, -0.2) is 0 Å². The van der Waals surface area contributed by atoms with E-state index in [1.54, 1.807) is 0 Å². The van der Waals surface area contributed by atoms with Gasteiger partial charge in [0, 0.05) is 5.41 Å². The quantitative estimate of drug-likeness (QED) is 0.433. The summed E-state index contributed by atoms with van der Waals surface area (Å²) in [6.45, 7) is 10.6. The van der Waals surface area contributed by atoms with Gasteiger partial charge in [-0.2, -0.15) is 0 Å². The summed E-state index contributed by atoms with van der Waals surface area (Å²) in [5.41, 5.74) is 3.09. The van der Waals surface area contributed by atoms with E-state index < -0.39 is 0 Å². The SMILES string of the molecule is C=C1CC=C(C)C1(C)C. The highest BCUT2D eigenvalue weighted by molar-refractivity contribution is 5.32. The monoisotopic (exact) mass is 122 g/mol. The van der Waals surface area contributed by atoms with Crippen LogP contribution in [0.25, 0.3) is 0 Å². The van der Waals surface area contributed by atoms with Crippen molar-refractivity contribution in [3.8, 4) is 0 Å². The Morgan fingerprint density at radius 2 is 2.11 bits per heavy atom. The zero-order chi connectivity index (χ0) is 7.07. The molecule has 0 amide bonds. The Morgan fingerprint density at radius 1 is 1.56 bits per heavy atom. The van der Waals surface area contributed by atoms with E-state index in [-0.39, 0.29) is 5.41 Å². The smallest absolute Gasteiger partial charge is 0.00617 e. The molecule has 0 aromatic rings. The van der Waals surface area contributed by atoms with Crippen LogP contribution in [-0.2, 0) is 0 Å². The van der Waals surface area contributed by atoms with Crippen LogP contribution in [0.5, 0.6) is 0 Å². The van der Waals surface area contributed by atoms with Crippen LogP contribution >= 0.6 is 0 Å². The molecule has 9 heavy (non-hydrogen) atoms. The van der Waals surface area contributed by atoms with Gasteiger partial charge in [-0.3, -0.25) is 0 Å². The van der Waals surface area contributed by atoms with E-state index in [1.807, 2.05) is 0 Å². The van der Waals surface area contributed by atoms with E-state index in [2.05, 4.69) is 33.4 Å². The van der Waals surface area contributed by atoms with Crippen molar-refractivity contribution in [1.82, 2.24) is 0 Å². The van der Waals surface area contributed by atoms with Gasteiger partial charge in [-0.15, -0.1) is 0 Å². The zero-order valence-electron chi connectivity index (χ0n) is 6.49. The summed E-state index contributed by atoms with van der Waals surface area (Å²) in [5.74, 6) is 0. The average Bonchev–Trinajstić information content (AvgIpc) is 1.96. The average molecular weight is 122 g/mol. The molecule has 0 unspecified atom stereocenters. The molecular formula is C9H14. The molecule has 0 heterocycles. The normalized spacial score (nSPS) is 24.3. The standard InChI is InChI=1S/C9H14/c1-7-5-6-8(2)9(7,3)4/h6H,1,5H2,2-4H3. The van der Waals surface area contributed by atoms with E-state index in [4.69, 9.17) is 0 Å². The highest BCUT2D eigenvalue weighted by Crippen LogP contribution is 2.40. The van der Waals surface area contributed by atoms with Crippen LogP contribution in [0.4, 0.5) is 0 Å². The topological polar surface area (TPSA) is 0 Å². The summed E-state index contributed by atoms with van der Waals surface area (Å²) >= 11 is 0. The van der Waals surface area contributed by atoms with Gasteiger partial charge in [0.25, 0.3) is 0 Å². The molecule has 0 radical (unpaired) electrons. The third kappa shape index (κ3) is 0.827. The minimum absolute atomic E-state index is 0.278. The Morgan fingerprint density at radius 3 is 2.22 bits per heavy atom. The lowest BCUT2D eigenvalue weighted by Gasteiger charge is -2.21. The van der Waals surface area contributed by atoms with Gasteiger partial charge < -0.3 is 0 Å². The van der Waals surface area contributed by atoms with Crippen LogP contribution in [0.15, 0.2) is 23.8 Å². The van der Waals surface area contributed by atoms with Crippen LogP contribution in [0.1, 0.15) is 27.2 Å². The van der Waals surface area contributed by atoms with Gasteiger partial charge in [0.2, 0.25) is 0 Å². The number of allylic oxidation sites excluding steroid dienone is 3. The number of rotatable bonds is 0. The molecule has 1 aliphatic rings. The molecule has 0 saturated carbocycles.